The van der Waals surface area contributed by atoms with Crippen LogP contribution in [0.2, 0.25) is 0 Å². The first-order valence-corrected chi connectivity index (χ1v) is 9.88. The van der Waals surface area contributed by atoms with E-state index < -0.39 is 0 Å². The number of benzene rings is 1. The highest BCUT2D eigenvalue weighted by Crippen LogP contribution is 2.28. The van der Waals surface area contributed by atoms with E-state index >= 15 is 0 Å². The minimum absolute atomic E-state index is 0.0571. The molecule has 5 nitrogen and oxygen atoms in total. The van der Waals surface area contributed by atoms with Gasteiger partial charge in [0.25, 0.3) is 5.91 Å². The average molecular weight is 364 g/mol. The molecule has 3 rings (SSSR count). The Bertz CT molecular complexity index is 915. The van der Waals surface area contributed by atoms with Crippen LogP contribution in [-0.2, 0) is 6.42 Å². The Morgan fingerprint density at radius 3 is 2.59 bits per heavy atom. The summed E-state index contributed by atoms with van der Waals surface area (Å²) >= 11 is 0. The molecule has 0 fully saturated rings. The van der Waals surface area contributed by atoms with Crippen LogP contribution in [0.1, 0.15) is 61.3 Å². The number of carbonyl (C=O) groups is 1. The Hall–Kier alpha value is -2.69. The van der Waals surface area contributed by atoms with Crippen molar-refractivity contribution in [3.8, 4) is 11.1 Å². The summed E-state index contributed by atoms with van der Waals surface area (Å²) in [6, 6.07) is 10.2. The van der Waals surface area contributed by atoms with Gasteiger partial charge in [-0.15, -0.1) is 0 Å². The van der Waals surface area contributed by atoms with Gasteiger partial charge in [-0.2, -0.15) is 5.10 Å². The minimum atomic E-state index is -0.0571. The third-order valence-corrected chi connectivity index (χ3v) is 4.78. The maximum atomic E-state index is 12.7. The van der Waals surface area contributed by atoms with Gasteiger partial charge in [0.1, 0.15) is 0 Å². The van der Waals surface area contributed by atoms with E-state index in [2.05, 4.69) is 36.3 Å². The molecule has 1 aromatic carbocycles. The first kappa shape index (κ1) is 19.1. The second kappa shape index (κ2) is 8.80. The Kier molecular flexibility index (Phi) is 6.22. The molecule has 1 N–H and O–H groups in total. The number of aromatic nitrogens is 3. The fourth-order valence-electron chi connectivity index (χ4n) is 3.42. The molecular formula is C22H28N4O. The highest BCUT2D eigenvalue weighted by Gasteiger charge is 2.20. The third kappa shape index (κ3) is 4.02. The summed E-state index contributed by atoms with van der Waals surface area (Å²) in [4.78, 5) is 17.3. The number of hydrogen-bond acceptors (Lipinski definition) is 3. The van der Waals surface area contributed by atoms with Crippen LogP contribution in [0.4, 0.5) is 0 Å². The van der Waals surface area contributed by atoms with Gasteiger partial charge in [-0.1, -0.05) is 63.4 Å². The van der Waals surface area contributed by atoms with Crippen molar-refractivity contribution in [2.24, 2.45) is 0 Å². The van der Waals surface area contributed by atoms with Crippen molar-refractivity contribution in [2.45, 2.75) is 52.9 Å². The lowest BCUT2D eigenvalue weighted by Crippen LogP contribution is -2.26. The van der Waals surface area contributed by atoms with Crippen molar-refractivity contribution in [2.75, 3.05) is 6.54 Å². The Morgan fingerprint density at radius 1 is 1.11 bits per heavy atom. The Balaban J connectivity index is 2.02. The lowest BCUT2D eigenvalue weighted by atomic mass is 10.1. The van der Waals surface area contributed by atoms with E-state index in [4.69, 9.17) is 5.10 Å². The summed E-state index contributed by atoms with van der Waals surface area (Å²) in [5.74, 6) is -0.0571. The standard InChI is InChI=1S/C22H28N4O/c1-4-6-10-14-23-22(27)18-15-24-21-20(17-12-8-7-9-13-17)16(3)25-26(21)19(18)11-5-2/h7-9,12-13,15H,4-6,10-11,14H2,1-3H3,(H,23,27). The number of rotatable bonds is 8. The minimum Gasteiger partial charge on any atom is -0.352 e. The monoisotopic (exact) mass is 364 g/mol. The van der Waals surface area contributed by atoms with Crippen LogP contribution in [0.15, 0.2) is 36.5 Å². The quantitative estimate of drug-likeness (QED) is 0.595. The SMILES string of the molecule is CCCCCNC(=O)c1cnc2c(-c3ccccc3)c(C)nn2c1CCC. The Morgan fingerprint density at radius 2 is 1.89 bits per heavy atom. The third-order valence-electron chi connectivity index (χ3n) is 4.78. The maximum absolute atomic E-state index is 12.7. The number of nitrogens with zero attached hydrogens (tertiary/aromatic N) is 3. The summed E-state index contributed by atoms with van der Waals surface area (Å²) in [7, 11) is 0. The van der Waals surface area contributed by atoms with Crippen LogP contribution in [0.5, 0.6) is 0 Å². The number of carbonyl (C=O) groups excluding carboxylic acids is 1. The Labute approximate surface area is 160 Å². The number of unbranched alkanes of at least 4 members (excludes halogenated alkanes) is 2. The molecule has 3 aromatic rings. The zero-order valence-corrected chi connectivity index (χ0v) is 16.5. The van der Waals surface area contributed by atoms with E-state index in [0.29, 0.717) is 12.1 Å². The fourth-order valence-corrected chi connectivity index (χ4v) is 3.42. The maximum Gasteiger partial charge on any atom is 0.254 e. The lowest BCUT2D eigenvalue weighted by Gasteiger charge is -2.11. The smallest absolute Gasteiger partial charge is 0.254 e. The van der Waals surface area contributed by atoms with Gasteiger partial charge in [0.05, 0.1) is 17.0 Å². The number of aryl methyl sites for hydroxylation is 2. The van der Waals surface area contributed by atoms with Crippen molar-refractivity contribution in [1.82, 2.24) is 19.9 Å². The topological polar surface area (TPSA) is 59.3 Å². The number of nitrogens with one attached hydrogen (secondary N) is 1. The molecule has 0 unspecified atom stereocenters. The molecule has 0 aliphatic rings. The van der Waals surface area contributed by atoms with Gasteiger partial charge in [0, 0.05) is 18.3 Å². The molecule has 0 spiro atoms. The van der Waals surface area contributed by atoms with Gasteiger partial charge in [0.15, 0.2) is 5.65 Å². The van der Waals surface area contributed by atoms with Gasteiger partial charge < -0.3 is 5.32 Å². The molecule has 1 amide bonds. The van der Waals surface area contributed by atoms with Crippen LogP contribution in [-0.4, -0.2) is 27.0 Å². The average Bonchev–Trinajstić information content (AvgIpc) is 3.02. The molecule has 27 heavy (non-hydrogen) atoms. The molecule has 0 radical (unpaired) electrons. The predicted molar refractivity (Wildman–Crippen MR) is 109 cm³/mol. The zero-order chi connectivity index (χ0) is 19.2. The van der Waals surface area contributed by atoms with Crippen LogP contribution >= 0.6 is 0 Å². The van der Waals surface area contributed by atoms with E-state index in [1.807, 2.05) is 29.6 Å². The van der Waals surface area contributed by atoms with Gasteiger partial charge in [-0.25, -0.2) is 9.50 Å². The predicted octanol–water partition coefficient (Wildman–Crippen LogP) is 4.58. The van der Waals surface area contributed by atoms with Gasteiger partial charge in [0.2, 0.25) is 0 Å². The number of hydrogen-bond donors (Lipinski definition) is 1. The van der Waals surface area contributed by atoms with Crippen LogP contribution in [0, 0.1) is 6.92 Å². The molecule has 0 aliphatic carbocycles. The number of amides is 1. The van der Waals surface area contributed by atoms with Crippen molar-refractivity contribution in [3.63, 3.8) is 0 Å². The molecule has 2 aromatic heterocycles. The first-order valence-electron chi connectivity index (χ1n) is 9.88. The normalized spacial score (nSPS) is 11.1. The van der Waals surface area contributed by atoms with E-state index in [-0.39, 0.29) is 5.91 Å². The molecule has 0 saturated carbocycles. The van der Waals surface area contributed by atoms with Gasteiger partial charge >= 0.3 is 0 Å². The first-order chi connectivity index (χ1) is 13.2. The second-order valence-corrected chi connectivity index (χ2v) is 6.89. The summed E-state index contributed by atoms with van der Waals surface area (Å²) in [5, 5.41) is 7.77. The van der Waals surface area contributed by atoms with E-state index in [1.54, 1.807) is 6.20 Å². The van der Waals surface area contributed by atoms with Crippen molar-refractivity contribution >= 4 is 11.6 Å². The van der Waals surface area contributed by atoms with Crippen LogP contribution in [0.25, 0.3) is 16.8 Å². The van der Waals surface area contributed by atoms with Crippen molar-refractivity contribution in [3.05, 3.63) is 53.5 Å². The molecule has 142 valence electrons. The molecule has 0 saturated heterocycles. The molecule has 0 bridgehead atoms. The van der Waals surface area contributed by atoms with Crippen LogP contribution < -0.4 is 5.32 Å². The second-order valence-electron chi connectivity index (χ2n) is 6.89. The van der Waals surface area contributed by atoms with Gasteiger partial charge in [-0.3, -0.25) is 4.79 Å². The highest BCUT2D eigenvalue weighted by atomic mass is 16.1. The number of fused-ring (bicyclic) bond motifs is 1. The molecule has 0 atom stereocenters. The lowest BCUT2D eigenvalue weighted by molar-refractivity contribution is 0.0951. The largest absolute Gasteiger partial charge is 0.352 e. The van der Waals surface area contributed by atoms with Crippen molar-refractivity contribution < 1.29 is 4.79 Å². The molecule has 2 heterocycles. The van der Waals surface area contributed by atoms with E-state index in [9.17, 15) is 4.79 Å². The molecular weight excluding hydrogens is 336 g/mol. The van der Waals surface area contributed by atoms with E-state index in [1.165, 1.54) is 0 Å². The summed E-state index contributed by atoms with van der Waals surface area (Å²) < 4.78 is 1.86. The summed E-state index contributed by atoms with van der Waals surface area (Å²) in [6.07, 6.45) is 6.70. The molecule has 0 aliphatic heterocycles. The van der Waals surface area contributed by atoms with Crippen LogP contribution in [0.3, 0.4) is 0 Å². The summed E-state index contributed by atoms with van der Waals surface area (Å²) in [6.45, 7) is 6.97. The summed E-state index contributed by atoms with van der Waals surface area (Å²) in [5.41, 5.74) is 5.42. The molecule has 5 heteroatoms. The highest BCUT2D eigenvalue weighted by molar-refractivity contribution is 5.95. The van der Waals surface area contributed by atoms with Crippen molar-refractivity contribution in [1.29, 1.82) is 0 Å². The zero-order valence-electron chi connectivity index (χ0n) is 16.5. The van der Waals surface area contributed by atoms with E-state index in [0.717, 1.165) is 60.3 Å². The van der Waals surface area contributed by atoms with Gasteiger partial charge in [-0.05, 0) is 25.3 Å². The fraction of sp³-hybridized carbons (Fsp3) is 0.409.